The SMILES string of the molecule is CCC1CCC(Nc2nc(C)nc(N)c2C)CC1. The molecule has 0 radical (unpaired) electrons. The molecule has 100 valence electrons. The van der Waals surface area contributed by atoms with Gasteiger partial charge in [0, 0.05) is 11.6 Å². The van der Waals surface area contributed by atoms with Crippen LogP contribution in [0.2, 0.25) is 0 Å². The van der Waals surface area contributed by atoms with E-state index < -0.39 is 0 Å². The lowest BCUT2D eigenvalue weighted by atomic mass is 9.84. The van der Waals surface area contributed by atoms with Gasteiger partial charge in [-0.15, -0.1) is 0 Å². The van der Waals surface area contributed by atoms with Crippen molar-refractivity contribution in [2.45, 2.75) is 58.9 Å². The van der Waals surface area contributed by atoms with Crippen LogP contribution in [0.5, 0.6) is 0 Å². The summed E-state index contributed by atoms with van der Waals surface area (Å²) in [7, 11) is 0. The summed E-state index contributed by atoms with van der Waals surface area (Å²) in [4.78, 5) is 8.64. The second-order valence-corrected chi connectivity index (χ2v) is 5.40. The van der Waals surface area contributed by atoms with Gasteiger partial charge < -0.3 is 11.1 Å². The summed E-state index contributed by atoms with van der Waals surface area (Å²) in [6.45, 7) is 6.15. The molecule has 0 bridgehead atoms. The lowest BCUT2D eigenvalue weighted by molar-refractivity contribution is 0.330. The topological polar surface area (TPSA) is 63.8 Å². The van der Waals surface area contributed by atoms with Gasteiger partial charge in [0.25, 0.3) is 0 Å². The maximum absolute atomic E-state index is 5.88. The quantitative estimate of drug-likeness (QED) is 0.863. The molecule has 1 aromatic rings. The minimum Gasteiger partial charge on any atom is -0.383 e. The lowest BCUT2D eigenvalue weighted by Gasteiger charge is -2.29. The minimum absolute atomic E-state index is 0.542. The van der Waals surface area contributed by atoms with Crippen LogP contribution in [-0.2, 0) is 0 Å². The molecule has 1 saturated carbocycles. The Morgan fingerprint density at radius 3 is 2.44 bits per heavy atom. The molecule has 4 nitrogen and oxygen atoms in total. The second kappa shape index (κ2) is 5.55. The standard InChI is InChI=1S/C14H24N4/c1-4-11-5-7-12(8-6-11)18-14-9(2)13(15)16-10(3)17-14/h11-12H,4-8H2,1-3H3,(H3,15,16,17,18). The van der Waals surface area contributed by atoms with Crippen molar-refractivity contribution >= 4 is 11.6 Å². The Kier molecular flexibility index (Phi) is 4.04. The first-order valence-corrected chi connectivity index (χ1v) is 6.97. The van der Waals surface area contributed by atoms with Crippen molar-refractivity contribution in [3.05, 3.63) is 11.4 Å². The van der Waals surface area contributed by atoms with Crippen molar-refractivity contribution in [2.24, 2.45) is 5.92 Å². The van der Waals surface area contributed by atoms with E-state index in [-0.39, 0.29) is 0 Å². The van der Waals surface area contributed by atoms with Gasteiger partial charge in [-0.1, -0.05) is 13.3 Å². The van der Waals surface area contributed by atoms with E-state index in [1.54, 1.807) is 0 Å². The van der Waals surface area contributed by atoms with Crippen molar-refractivity contribution < 1.29 is 0 Å². The molecule has 4 heteroatoms. The van der Waals surface area contributed by atoms with Crippen LogP contribution in [0.15, 0.2) is 0 Å². The first kappa shape index (κ1) is 13.1. The van der Waals surface area contributed by atoms with Gasteiger partial charge in [0.2, 0.25) is 0 Å². The normalized spacial score (nSPS) is 23.9. The van der Waals surface area contributed by atoms with E-state index in [1.807, 2.05) is 13.8 Å². The maximum atomic E-state index is 5.88. The predicted molar refractivity (Wildman–Crippen MR) is 75.6 cm³/mol. The van der Waals surface area contributed by atoms with Crippen molar-refractivity contribution in [2.75, 3.05) is 11.1 Å². The molecule has 18 heavy (non-hydrogen) atoms. The first-order chi connectivity index (χ1) is 8.60. The van der Waals surface area contributed by atoms with Crippen LogP contribution < -0.4 is 11.1 Å². The van der Waals surface area contributed by atoms with E-state index in [0.29, 0.717) is 11.9 Å². The highest BCUT2D eigenvalue weighted by molar-refractivity contribution is 5.55. The van der Waals surface area contributed by atoms with Gasteiger partial charge in [0.05, 0.1) is 0 Å². The molecule has 3 N–H and O–H groups in total. The number of anilines is 2. The zero-order valence-corrected chi connectivity index (χ0v) is 11.7. The van der Waals surface area contributed by atoms with Crippen LogP contribution >= 0.6 is 0 Å². The number of nitrogens with one attached hydrogen (secondary N) is 1. The number of rotatable bonds is 3. The maximum Gasteiger partial charge on any atom is 0.134 e. The summed E-state index contributed by atoms with van der Waals surface area (Å²) in [6, 6.07) is 0.542. The Bertz CT molecular complexity index is 409. The molecule has 1 fully saturated rings. The molecular weight excluding hydrogens is 224 g/mol. The molecule has 1 heterocycles. The van der Waals surface area contributed by atoms with E-state index in [9.17, 15) is 0 Å². The molecule has 0 unspecified atom stereocenters. The lowest BCUT2D eigenvalue weighted by Crippen LogP contribution is -2.27. The number of hydrogen-bond acceptors (Lipinski definition) is 4. The molecular formula is C14H24N4. The van der Waals surface area contributed by atoms with Gasteiger partial charge in [0.15, 0.2) is 0 Å². The first-order valence-electron chi connectivity index (χ1n) is 6.97. The van der Waals surface area contributed by atoms with Crippen LogP contribution in [0.3, 0.4) is 0 Å². The van der Waals surface area contributed by atoms with Crippen molar-refractivity contribution in [3.8, 4) is 0 Å². The van der Waals surface area contributed by atoms with Gasteiger partial charge in [-0.25, -0.2) is 9.97 Å². The summed E-state index contributed by atoms with van der Waals surface area (Å²) in [5, 5.41) is 3.54. The third kappa shape index (κ3) is 2.92. The highest BCUT2D eigenvalue weighted by Gasteiger charge is 2.21. The monoisotopic (exact) mass is 248 g/mol. The fraction of sp³-hybridized carbons (Fsp3) is 0.714. The largest absolute Gasteiger partial charge is 0.383 e. The van der Waals surface area contributed by atoms with E-state index >= 15 is 0 Å². The Balaban J connectivity index is 2.02. The Morgan fingerprint density at radius 2 is 1.83 bits per heavy atom. The molecule has 0 aromatic carbocycles. The predicted octanol–water partition coefficient (Wildman–Crippen LogP) is 3.06. The van der Waals surface area contributed by atoms with E-state index in [2.05, 4.69) is 22.2 Å². The van der Waals surface area contributed by atoms with Crippen LogP contribution in [0.25, 0.3) is 0 Å². The fourth-order valence-electron chi connectivity index (χ4n) is 2.70. The fourth-order valence-corrected chi connectivity index (χ4v) is 2.70. The summed E-state index contributed by atoms with van der Waals surface area (Å²) in [5.74, 6) is 3.16. The third-order valence-electron chi connectivity index (χ3n) is 4.06. The zero-order chi connectivity index (χ0) is 13.1. The zero-order valence-electron chi connectivity index (χ0n) is 11.7. The number of hydrogen-bond donors (Lipinski definition) is 2. The van der Waals surface area contributed by atoms with E-state index in [4.69, 9.17) is 5.73 Å². The Labute approximate surface area is 109 Å². The van der Waals surface area contributed by atoms with Crippen molar-refractivity contribution in [3.63, 3.8) is 0 Å². The second-order valence-electron chi connectivity index (χ2n) is 5.40. The molecule has 1 aliphatic rings. The summed E-state index contributed by atoms with van der Waals surface area (Å²) < 4.78 is 0. The minimum atomic E-state index is 0.542. The highest BCUT2D eigenvalue weighted by atomic mass is 15.1. The summed E-state index contributed by atoms with van der Waals surface area (Å²) >= 11 is 0. The van der Waals surface area contributed by atoms with Crippen molar-refractivity contribution in [1.29, 1.82) is 0 Å². The Hall–Kier alpha value is -1.32. The number of nitrogen functional groups attached to an aromatic ring is 1. The van der Waals surface area contributed by atoms with Gasteiger partial charge in [-0.05, 0) is 45.4 Å². The smallest absolute Gasteiger partial charge is 0.134 e. The Morgan fingerprint density at radius 1 is 1.17 bits per heavy atom. The van der Waals surface area contributed by atoms with Gasteiger partial charge in [-0.2, -0.15) is 0 Å². The van der Waals surface area contributed by atoms with Crippen molar-refractivity contribution in [1.82, 2.24) is 9.97 Å². The summed E-state index contributed by atoms with van der Waals surface area (Å²) in [5.41, 5.74) is 6.85. The van der Waals surface area contributed by atoms with Crippen LogP contribution in [0.1, 0.15) is 50.4 Å². The molecule has 1 aromatic heterocycles. The van der Waals surface area contributed by atoms with E-state index in [1.165, 1.54) is 32.1 Å². The van der Waals surface area contributed by atoms with E-state index in [0.717, 1.165) is 23.1 Å². The number of aromatic nitrogens is 2. The molecule has 2 rings (SSSR count). The van der Waals surface area contributed by atoms with Gasteiger partial charge in [-0.3, -0.25) is 0 Å². The average Bonchev–Trinajstić information content (AvgIpc) is 2.36. The van der Waals surface area contributed by atoms with Gasteiger partial charge in [0.1, 0.15) is 17.5 Å². The number of nitrogens with zero attached hydrogens (tertiary/aromatic N) is 2. The molecule has 0 spiro atoms. The third-order valence-corrected chi connectivity index (χ3v) is 4.06. The molecule has 0 amide bonds. The summed E-state index contributed by atoms with van der Waals surface area (Å²) in [6.07, 6.45) is 6.44. The van der Waals surface area contributed by atoms with Crippen LogP contribution in [0, 0.1) is 19.8 Å². The molecule has 0 atom stereocenters. The van der Waals surface area contributed by atoms with Gasteiger partial charge >= 0.3 is 0 Å². The number of aryl methyl sites for hydroxylation is 1. The highest BCUT2D eigenvalue weighted by Crippen LogP contribution is 2.29. The number of nitrogens with two attached hydrogens (primary N) is 1. The van der Waals surface area contributed by atoms with Crippen LogP contribution in [-0.4, -0.2) is 16.0 Å². The van der Waals surface area contributed by atoms with Crippen LogP contribution in [0.4, 0.5) is 11.6 Å². The average molecular weight is 248 g/mol. The molecule has 0 saturated heterocycles. The molecule has 0 aliphatic heterocycles. The molecule has 1 aliphatic carbocycles.